The van der Waals surface area contributed by atoms with Gasteiger partial charge in [0.1, 0.15) is 11.3 Å². The maximum atomic E-state index is 13.0. The van der Waals surface area contributed by atoms with Crippen LogP contribution in [0.2, 0.25) is 0 Å². The summed E-state index contributed by atoms with van der Waals surface area (Å²) in [6, 6.07) is 5.47. The molecule has 8 nitrogen and oxygen atoms in total. The second kappa shape index (κ2) is 7.77. The van der Waals surface area contributed by atoms with Crippen LogP contribution in [-0.4, -0.2) is 53.5 Å². The Morgan fingerprint density at radius 2 is 2.10 bits per heavy atom. The van der Waals surface area contributed by atoms with Crippen LogP contribution in [0.5, 0.6) is 0 Å². The molecule has 1 saturated carbocycles. The van der Waals surface area contributed by atoms with Gasteiger partial charge in [0.25, 0.3) is 12.4 Å². The Balaban J connectivity index is 1.45. The second-order valence-electron chi connectivity index (χ2n) is 7.88. The molecule has 0 radical (unpaired) electrons. The number of hydrogen-bond donors (Lipinski definition) is 1. The first-order chi connectivity index (χ1) is 15.0. The van der Waals surface area contributed by atoms with Crippen molar-refractivity contribution >= 4 is 28.8 Å². The van der Waals surface area contributed by atoms with E-state index in [1.165, 1.54) is 4.57 Å². The van der Waals surface area contributed by atoms with Gasteiger partial charge in [-0.25, -0.2) is 33.2 Å². The lowest BCUT2D eigenvalue weighted by molar-refractivity contribution is 0.127. The van der Waals surface area contributed by atoms with Crippen LogP contribution >= 0.6 is 0 Å². The molecule has 0 spiro atoms. The monoisotopic (exact) mass is 425 g/mol. The van der Waals surface area contributed by atoms with Gasteiger partial charge >= 0.3 is 0 Å². The molecule has 4 aromatic heterocycles. The Morgan fingerprint density at radius 3 is 2.87 bits per heavy atom. The third-order valence-corrected chi connectivity index (χ3v) is 5.72. The van der Waals surface area contributed by atoms with E-state index in [2.05, 4.69) is 25.0 Å². The fraction of sp³-hybridized carbons (Fsp3) is 0.381. The van der Waals surface area contributed by atoms with Crippen LogP contribution < -0.4 is 0 Å². The number of aromatic nitrogens is 6. The van der Waals surface area contributed by atoms with Crippen molar-refractivity contribution in [1.82, 2.24) is 29.1 Å². The summed E-state index contributed by atoms with van der Waals surface area (Å²) < 4.78 is 29.1. The standard InChI is InChI=1S/C21H21F2N7O/c1-12-26-17-3-2-16(27-20(17)29(12)10-19(22)23)15-4-5-30-18(15)9-25-21(28-30)24-8-13-6-14(7-13)11-31/h2-5,8-9,13-14,19,31H,6-7,10-11H2,1H3. The molecule has 10 heteroatoms. The molecular weight excluding hydrogens is 404 g/mol. The lowest BCUT2D eigenvalue weighted by Crippen LogP contribution is -2.27. The molecule has 5 rings (SSSR count). The lowest BCUT2D eigenvalue weighted by atomic mass is 9.76. The third kappa shape index (κ3) is 3.67. The van der Waals surface area contributed by atoms with Crippen molar-refractivity contribution in [3.63, 3.8) is 0 Å². The maximum Gasteiger partial charge on any atom is 0.266 e. The highest BCUT2D eigenvalue weighted by Gasteiger charge is 2.26. The van der Waals surface area contributed by atoms with Crippen LogP contribution in [0.3, 0.4) is 0 Å². The summed E-state index contributed by atoms with van der Waals surface area (Å²) in [5.41, 5.74) is 3.18. The highest BCUT2D eigenvalue weighted by Crippen LogP contribution is 2.32. The fourth-order valence-electron chi connectivity index (χ4n) is 4.02. The normalized spacial score (nSPS) is 19.1. The van der Waals surface area contributed by atoms with Gasteiger partial charge in [-0.1, -0.05) is 0 Å². The molecule has 0 bridgehead atoms. The Kier molecular flexibility index (Phi) is 4.93. The fourth-order valence-corrected chi connectivity index (χ4v) is 4.02. The smallest absolute Gasteiger partial charge is 0.266 e. The van der Waals surface area contributed by atoms with Crippen molar-refractivity contribution in [3.05, 3.63) is 36.4 Å². The van der Waals surface area contributed by atoms with E-state index in [9.17, 15) is 8.78 Å². The molecular formula is C21H21F2N7O. The number of aliphatic imine (C=N–C) groups is 1. The highest BCUT2D eigenvalue weighted by molar-refractivity contribution is 5.82. The summed E-state index contributed by atoms with van der Waals surface area (Å²) in [7, 11) is 0. The van der Waals surface area contributed by atoms with E-state index in [1.807, 2.05) is 18.3 Å². The van der Waals surface area contributed by atoms with Crippen molar-refractivity contribution in [2.24, 2.45) is 16.8 Å². The lowest BCUT2D eigenvalue weighted by Gasteiger charge is -2.30. The third-order valence-electron chi connectivity index (χ3n) is 5.72. The number of imidazole rings is 1. The van der Waals surface area contributed by atoms with E-state index in [0.29, 0.717) is 40.5 Å². The molecule has 0 unspecified atom stereocenters. The first-order valence-electron chi connectivity index (χ1n) is 10.1. The molecule has 0 aromatic carbocycles. The Morgan fingerprint density at radius 1 is 1.26 bits per heavy atom. The molecule has 4 heterocycles. The van der Waals surface area contributed by atoms with Gasteiger partial charge in [-0.2, -0.15) is 0 Å². The van der Waals surface area contributed by atoms with Gasteiger partial charge in [0.05, 0.1) is 24.0 Å². The van der Waals surface area contributed by atoms with Crippen LogP contribution in [0.15, 0.2) is 35.6 Å². The van der Waals surface area contributed by atoms with Crippen molar-refractivity contribution in [1.29, 1.82) is 0 Å². The quantitative estimate of drug-likeness (QED) is 0.478. The molecule has 4 aromatic rings. The second-order valence-corrected chi connectivity index (χ2v) is 7.88. The first-order valence-corrected chi connectivity index (χ1v) is 10.1. The zero-order valence-electron chi connectivity index (χ0n) is 16.9. The average Bonchev–Trinajstić information content (AvgIpc) is 3.27. The van der Waals surface area contributed by atoms with Gasteiger partial charge in [-0.15, -0.1) is 5.10 Å². The number of pyridine rings is 1. The van der Waals surface area contributed by atoms with Gasteiger partial charge in [-0.05, 0) is 49.8 Å². The minimum atomic E-state index is -2.49. The Labute approximate surface area is 176 Å². The van der Waals surface area contributed by atoms with E-state index in [0.717, 1.165) is 23.9 Å². The molecule has 1 aliphatic carbocycles. The van der Waals surface area contributed by atoms with E-state index in [4.69, 9.17) is 5.11 Å². The predicted molar refractivity (Wildman–Crippen MR) is 112 cm³/mol. The van der Waals surface area contributed by atoms with Gasteiger partial charge in [0.15, 0.2) is 5.65 Å². The van der Waals surface area contributed by atoms with Crippen LogP contribution in [0.4, 0.5) is 14.7 Å². The molecule has 160 valence electrons. The molecule has 1 aliphatic rings. The van der Waals surface area contributed by atoms with Crippen molar-refractivity contribution in [3.8, 4) is 11.3 Å². The number of aliphatic hydroxyl groups excluding tert-OH is 1. The number of halogens is 2. The number of aryl methyl sites for hydroxylation is 1. The zero-order chi connectivity index (χ0) is 21.5. The summed E-state index contributed by atoms with van der Waals surface area (Å²) in [5, 5.41) is 13.5. The number of fused-ring (bicyclic) bond motifs is 2. The van der Waals surface area contributed by atoms with Gasteiger partial charge in [0, 0.05) is 24.6 Å². The van der Waals surface area contributed by atoms with E-state index < -0.39 is 13.0 Å². The van der Waals surface area contributed by atoms with Crippen molar-refractivity contribution < 1.29 is 13.9 Å². The van der Waals surface area contributed by atoms with Gasteiger partial charge < -0.3 is 9.67 Å². The number of nitrogens with zero attached hydrogens (tertiary/aromatic N) is 7. The molecule has 0 amide bonds. The summed E-state index contributed by atoms with van der Waals surface area (Å²) in [6.07, 6.45) is 4.71. The molecule has 1 N–H and O–H groups in total. The van der Waals surface area contributed by atoms with E-state index in [1.54, 1.807) is 29.9 Å². The van der Waals surface area contributed by atoms with Crippen LogP contribution in [0, 0.1) is 18.8 Å². The van der Waals surface area contributed by atoms with Crippen LogP contribution in [0.1, 0.15) is 18.7 Å². The minimum absolute atomic E-state index is 0.223. The van der Waals surface area contributed by atoms with E-state index in [-0.39, 0.29) is 6.61 Å². The average molecular weight is 425 g/mol. The summed E-state index contributed by atoms with van der Waals surface area (Å²) in [4.78, 5) is 17.6. The predicted octanol–water partition coefficient (Wildman–Crippen LogP) is 3.44. The number of hydrogen-bond acceptors (Lipinski definition) is 6. The first kappa shape index (κ1) is 19.7. The van der Waals surface area contributed by atoms with Crippen LogP contribution in [0.25, 0.3) is 27.9 Å². The highest BCUT2D eigenvalue weighted by atomic mass is 19.3. The molecule has 0 aliphatic heterocycles. The summed E-state index contributed by atoms with van der Waals surface area (Å²) >= 11 is 0. The molecule has 1 fully saturated rings. The van der Waals surface area contributed by atoms with Crippen molar-refractivity contribution in [2.45, 2.75) is 32.7 Å². The summed E-state index contributed by atoms with van der Waals surface area (Å²) in [5.74, 6) is 1.59. The minimum Gasteiger partial charge on any atom is -0.396 e. The molecule has 0 atom stereocenters. The SMILES string of the molecule is Cc1nc2ccc(-c3ccn4nc(N=CC5CC(CO)C5)ncc34)nc2n1CC(F)F. The van der Waals surface area contributed by atoms with E-state index >= 15 is 0 Å². The number of rotatable bonds is 6. The summed E-state index contributed by atoms with van der Waals surface area (Å²) in [6.45, 7) is 1.47. The van der Waals surface area contributed by atoms with Crippen LogP contribution in [-0.2, 0) is 6.54 Å². The Hall–Kier alpha value is -3.27. The Bertz CT molecular complexity index is 1270. The maximum absolute atomic E-state index is 13.0. The van der Waals surface area contributed by atoms with Crippen molar-refractivity contribution in [2.75, 3.05) is 6.61 Å². The topological polar surface area (TPSA) is 93.5 Å². The number of alkyl halides is 2. The number of aliphatic hydroxyl groups is 1. The van der Waals surface area contributed by atoms with Gasteiger partial charge in [0.2, 0.25) is 0 Å². The largest absolute Gasteiger partial charge is 0.396 e. The molecule has 0 saturated heterocycles. The molecule has 31 heavy (non-hydrogen) atoms. The van der Waals surface area contributed by atoms with Gasteiger partial charge in [-0.3, -0.25) is 0 Å². The zero-order valence-corrected chi connectivity index (χ0v) is 16.9.